The second-order valence-electron chi connectivity index (χ2n) is 4.73. The van der Waals surface area contributed by atoms with Crippen LogP contribution in [0.5, 0.6) is 0 Å². The highest BCUT2D eigenvalue weighted by molar-refractivity contribution is 5.75. The maximum atomic E-state index is 10.9. The van der Waals surface area contributed by atoms with Gasteiger partial charge in [0.1, 0.15) is 0 Å². The second-order valence-corrected chi connectivity index (χ2v) is 4.73. The number of benzene rings is 2. The van der Waals surface area contributed by atoms with Gasteiger partial charge in [0.15, 0.2) is 0 Å². The Morgan fingerprint density at radius 3 is 2.53 bits per heavy atom. The van der Waals surface area contributed by atoms with Crippen LogP contribution in [0.1, 0.15) is 16.7 Å². The summed E-state index contributed by atoms with van der Waals surface area (Å²) in [4.78, 5) is 10.9. The van der Waals surface area contributed by atoms with E-state index < -0.39 is 5.97 Å². The fourth-order valence-corrected chi connectivity index (χ4v) is 2.03. The molecule has 0 aliphatic rings. The average molecular weight is 255 g/mol. The molecule has 3 nitrogen and oxygen atoms in total. The Labute approximate surface area is 112 Å². The van der Waals surface area contributed by atoms with E-state index in [4.69, 9.17) is 5.11 Å². The first-order chi connectivity index (χ1) is 9.04. The molecule has 2 rings (SSSR count). The topological polar surface area (TPSA) is 49.3 Å². The molecule has 2 aromatic rings. The molecule has 0 saturated heterocycles. The summed E-state index contributed by atoms with van der Waals surface area (Å²) >= 11 is 0. The van der Waals surface area contributed by atoms with Gasteiger partial charge in [-0.1, -0.05) is 29.8 Å². The molecule has 0 atom stereocenters. The van der Waals surface area contributed by atoms with E-state index in [9.17, 15) is 4.79 Å². The lowest BCUT2D eigenvalue weighted by atomic mass is 10.1. The number of aryl methyl sites for hydroxylation is 2. The molecule has 0 bridgehead atoms. The highest BCUT2D eigenvalue weighted by Crippen LogP contribution is 2.23. The highest BCUT2D eigenvalue weighted by atomic mass is 16.4. The van der Waals surface area contributed by atoms with Gasteiger partial charge in [0.25, 0.3) is 0 Å². The first kappa shape index (κ1) is 13.1. The standard InChI is InChI=1S/C16H17NO2/c1-11-4-3-5-14(9-11)17-15-7-6-12(2)8-13(15)10-16(18)19/h3-9,17H,10H2,1-2H3,(H,18,19). The molecule has 0 radical (unpaired) electrons. The predicted octanol–water partition coefficient (Wildman–Crippen LogP) is 3.67. The molecule has 0 aliphatic heterocycles. The van der Waals surface area contributed by atoms with E-state index in [0.717, 1.165) is 28.1 Å². The van der Waals surface area contributed by atoms with E-state index in [2.05, 4.69) is 5.32 Å². The second kappa shape index (κ2) is 5.57. The van der Waals surface area contributed by atoms with Crippen molar-refractivity contribution in [1.82, 2.24) is 0 Å². The monoisotopic (exact) mass is 255 g/mol. The molecule has 0 unspecified atom stereocenters. The Bertz CT molecular complexity index is 605. The third-order valence-electron chi connectivity index (χ3n) is 2.90. The maximum Gasteiger partial charge on any atom is 0.307 e. The van der Waals surface area contributed by atoms with Crippen molar-refractivity contribution in [1.29, 1.82) is 0 Å². The van der Waals surface area contributed by atoms with Crippen molar-refractivity contribution in [3.63, 3.8) is 0 Å². The van der Waals surface area contributed by atoms with Gasteiger partial charge in [0.05, 0.1) is 6.42 Å². The van der Waals surface area contributed by atoms with Crippen LogP contribution in [-0.4, -0.2) is 11.1 Å². The molecule has 0 heterocycles. The van der Waals surface area contributed by atoms with Gasteiger partial charge >= 0.3 is 5.97 Å². The van der Waals surface area contributed by atoms with Crippen molar-refractivity contribution in [3.8, 4) is 0 Å². The first-order valence-corrected chi connectivity index (χ1v) is 6.19. The van der Waals surface area contributed by atoms with Crippen LogP contribution < -0.4 is 5.32 Å². The van der Waals surface area contributed by atoms with Crippen LogP contribution in [0.4, 0.5) is 11.4 Å². The van der Waals surface area contributed by atoms with Crippen LogP contribution in [0.15, 0.2) is 42.5 Å². The van der Waals surface area contributed by atoms with E-state index in [-0.39, 0.29) is 6.42 Å². The van der Waals surface area contributed by atoms with Gasteiger partial charge in [-0.3, -0.25) is 4.79 Å². The minimum atomic E-state index is -0.821. The molecule has 0 spiro atoms. The Morgan fingerprint density at radius 1 is 1.11 bits per heavy atom. The van der Waals surface area contributed by atoms with Gasteiger partial charge < -0.3 is 10.4 Å². The van der Waals surface area contributed by atoms with Crippen LogP contribution in [0, 0.1) is 13.8 Å². The summed E-state index contributed by atoms with van der Waals surface area (Å²) in [6.45, 7) is 3.99. The largest absolute Gasteiger partial charge is 0.481 e. The average Bonchev–Trinajstić information content (AvgIpc) is 2.32. The van der Waals surface area contributed by atoms with Crippen LogP contribution in [0.25, 0.3) is 0 Å². The van der Waals surface area contributed by atoms with Crippen molar-refractivity contribution in [2.75, 3.05) is 5.32 Å². The van der Waals surface area contributed by atoms with Crippen molar-refractivity contribution in [2.24, 2.45) is 0 Å². The molecule has 98 valence electrons. The molecule has 3 heteroatoms. The minimum absolute atomic E-state index is 0.0236. The quantitative estimate of drug-likeness (QED) is 0.876. The fraction of sp³-hybridized carbons (Fsp3) is 0.188. The van der Waals surface area contributed by atoms with E-state index in [1.165, 1.54) is 0 Å². The minimum Gasteiger partial charge on any atom is -0.481 e. The number of nitrogens with one attached hydrogen (secondary N) is 1. The Morgan fingerprint density at radius 2 is 1.84 bits per heavy atom. The summed E-state index contributed by atoms with van der Waals surface area (Å²) < 4.78 is 0. The number of rotatable bonds is 4. The number of anilines is 2. The van der Waals surface area contributed by atoms with Crippen LogP contribution in [-0.2, 0) is 11.2 Å². The van der Waals surface area contributed by atoms with Crippen molar-refractivity contribution >= 4 is 17.3 Å². The maximum absolute atomic E-state index is 10.9. The van der Waals surface area contributed by atoms with Crippen LogP contribution in [0.2, 0.25) is 0 Å². The van der Waals surface area contributed by atoms with Gasteiger partial charge in [-0.2, -0.15) is 0 Å². The lowest BCUT2D eigenvalue weighted by Crippen LogP contribution is -2.04. The molecule has 0 amide bonds. The number of hydrogen-bond acceptors (Lipinski definition) is 2. The summed E-state index contributed by atoms with van der Waals surface area (Å²) in [5.74, 6) is -0.821. The smallest absolute Gasteiger partial charge is 0.307 e. The Balaban J connectivity index is 2.31. The molecule has 2 aromatic carbocycles. The Hall–Kier alpha value is -2.29. The molecular weight excluding hydrogens is 238 g/mol. The molecule has 19 heavy (non-hydrogen) atoms. The molecule has 0 aliphatic carbocycles. The fourth-order valence-electron chi connectivity index (χ4n) is 2.03. The van der Waals surface area contributed by atoms with Gasteiger partial charge in [-0.25, -0.2) is 0 Å². The van der Waals surface area contributed by atoms with Gasteiger partial charge in [-0.15, -0.1) is 0 Å². The molecule has 0 aromatic heterocycles. The van der Waals surface area contributed by atoms with Crippen molar-refractivity contribution in [3.05, 3.63) is 59.2 Å². The molecular formula is C16H17NO2. The summed E-state index contributed by atoms with van der Waals surface area (Å²) in [6, 6.07) is 13.8. The number of carbonyl (C=O) groups is 1. The summed E-state index contributed by atoms with van der Waals surface area (Å²) in [6.07, 6.45) is 0.0236. The summed E-state index contributed by atoms with van der Waals surface area (Å²) in [5, 5.41) is 12.2. The number of carboxylic acids is 1. The van der Waals surface area contributed by atoms with Gasteiger partial charge in [0.2, 0.25) is 0 Å². The first-order valence-electron chi connectivity index (χ1n) is 6.19. The summed E-state index contributed by atoms with van der Waals surface area (Å²) in [7, 11) is 0. The molecule has 0 saturated carbocycles. The highest BCUT2D eigenvalue weighted by Gasteiger charge is 2.07. The zero-order valence-electron chi connectivity index (χ0n) is 11.1. The lowest BCUT2D eigenvalue weighted by Gasteiger charge is -2.12. The third kappa shape index (κ3) is 3.58. The molecule has 0 fully saturated rings. The number of aliphatic carboxylic acids is 1. The number of hydrogen-bond donors (Lipinski definition) is 2. The zero-order valence-corrected chi connectivity index (χ0v) is 11.1. The molecule has 2 N–H and O–H groups in total. The van der Waals surface area contributed by atoms with Crippen molar-refractivity contribution < 1.29 is 9.90 Å². The van der Waals surface area contributed by atoms with Gasteiger partial charge in [0, 0.05) is 11.4 Å². The lowest BCUT2D eigenvalue weighted by molar-refractivity contribution is -0.136. The number of carboxylic acid groups (broad SMARTS) is 1. The van der Waals surface area contributed by atoms with E-state index >= 15 is 0 Å². The van der Waals surface area contributed by atoms with Gasteiger partial charge in [-0.05, 0) is 43.2 Å². The van der Waals surface area contributed by atoms with E-state index in [1.54, 1.807) is 0 Å². The zero-order chi connectivity index (χ0) is 13.8. The third-order valence-corrected chi connectivity index (χ3v) is 2.90. The van der Waals surface area contributed by atoms with Crippen molar-refractivity contribution in [2.45, 2.75) is 20.3 Å². The predicted molar refractivity (Wildman–Crippen MR) is 77.0 cm³/mol. The summed E-state index contributed by atoms with van der Waals surface area (Å²) in [5.41, 5.74) is 4.84. The van der Waals surface area contributed by atoms with E-state index in [0.29, 0.717) is 0 Å². The van der Waals surface area contributed by atoms with E-state index in [1.807, 2.05) is 56.3 Å². The Kier molecular flexibility index (Phi) is 3.85. The normalized spacial score (nSPS) is 10.2. The van der Waals surface area contributed by atoms with Crippen LogP contribution >= 0.6 is 0 Å². The SMILES string of the molecule is Cc1cccc(Nc2ccc(C)cc2CC(=O)O)c1. The van der Waals surface area contributed by atoms with Crippen LogP contribution in [0.3, 0.4) is 0 Å².